The molecule has 0 fully saturated rings. The molecular weight excluding hydrogens is 446 g/mol. The molecule has 1 heterocycles. The smallest absolute Gasteiger partial charge is 0.263 e. The Morgan fingerprint density at radius 1 is 0.938 bits per heavy atom. The van der Waals surface area contributed by atoms with Gasteiger partial charge in [0.1, 0.15) is 12.4 Å². The normalized spacial score (nSPS) is 11.0. The molecule has 4 rings (SSSR count). The Balaban J connectivity index is 1.44. The minimum absolute atomic E-state index is 0.0716. The van der Waals surface area contributed by atoms with Gasteiger partial charge >= 0.3 is 0 Å². The van der Waals surface area contributed by atoms with Crippen LogP contribution in [0.2, 0.25) is 0 Å². The van der Waals surface area contributed by atoms with Crippen molar-refractivity contribution >= 4 is 38.1 Å². The van der Waals surface area contributed by atoms with Gasteiger partial charge in [0, 0.05) is 28.4 Å². The molecular formula is C23H19N3O4S2. The van der Waals surface area contributed by atoms with E-state index in [0.29, 0.717) is 17.0 Å². The van der Waals surface area contributed by atoms with E-state index >= 15 is 0 Å². The molecule has 1 aromatic heterocycles. The first-order valence-corrected chi connectivity index (χ1v) is 12.0. The number of nitrogens with one attached hydrogen (secondary N) is 2. The number of nitrogens with zero attached hydrogens (tertiary/aromatic N) is 1. The largest absolute Gasteiger partial charge is 0.489 e. The second kappa shape index (κ2) is 9.63. The van der Waals surface area contributed by atoms with Gasteiger partial charge in [-0.3, -0.25) is 9.52 Å². The maximum Gasteiger partial charge on any atom is 0.263 e. The molecule has 0 atom stereocenters. The van der Waals surface area contributed by atoms with Crippen molar-refractivity contribution in [1.29, 1.82) is 0 Å². The van der Waals surface area contributed by atoms with Gasteiger partial charge in [-0.15, -0.1) is 11.3 Å². The molecule has 0 aliphatic carbocycles. The number of carbonyl (C=O) groups is 1. The Bertz CT molecular complexity index is 1290. The molecule has 3 aromatic carbocycles. The van der Waals surface area contributed by atoms with E-state index in [-0.39, 0.29) is 22.5 Å². The molecule has 0 aliphatic heterocycles. The highest BCUT2D eigenvalue weighted by Crippen LogP contribution is 2.21. The van der Waals surface area contributed by atoms with E-state index in [0.717, 1.165) is 5.56 Å². The van der Waals surface area contributed by atoms with E-state index in [1.165, 1.54) is 41.8 Å². The summed E-state index contributed by atoms with van der Waals surface area (Å²) in [5, 5.41) is 4.77. The SMILES string of the molecule is O=C(Nc1ccc(S(=O)(=O)Nc2nccs2)cc1)c1ccccc1COc1ccccc1. The Morgan fingerprint density at radius 2 is 1.66 bits per heavy atom. The van der Waals surface area contributed by atoms with E-state index in [1.54, 1.807) is 17.5 Å². The van der Waals surface area contributed by atoms with Crippen LogP contribution in [-0.4, -0.2) is 19.3 Å². The fourth-order valence-corrected chi connectivity index (χ4v) is 4.70. The lowest BCUT2D eigenvalue weighted by Gasteiger charge is -2.12. The van der Waals surface area contributed by atoms with Gasteiger partial charge < -0.3 is 10.1 Å². The van der Waals surface area contributed by atoms with Crippen molar-refractivity contribution in [3.63, 3.8) is 0 Å². The number of amides is 1. The summed E-state index contributed by atoms with van der Waals surface area (Å²) >= 11 is 1.19. The fourth-order valence-electron chi connectivity index (χ4n) is 2.91. The van der Waals surface area contributed by atoms with Gasteiger partial charge in [0.05, 0.1) is 4.90 Å². The first-order valence-electron chi connectivity index (χ1n) is 9.61. The number of ether oxygens (including phenoxy) is 1. The van der Waals surface area contributed by atoms with Crippen molar-refractivity contribution in [1.82, 2.24) is 4.98 Å². The summed E-state index contributed by atoms with van der Waals surface area (Å²) in [6.07, 6.45) is 1.52. The Hall–Kier alpha value is -3.69. The second-order valence-electron chi connectivity index (χ2n) is 6.68. The standard InChI is InChI=1S/C23H19N3O4S2/c27-22(21-9-5-4-6-17(21)16-30-19-7-2-1-3-8-19)25-18-10-12-20(13-11-18)32(28,29)26-23-24-14-15-31-23/h1-15H,16H2,(H,24,26)(H,25,27). The molecule has 0 saturated carbocycles. The highest BCUT2D eigenvalue weighted by molar-refractivity contribution is 7.93. The third-order valence-electron chi connectivity index (χ3n) is 4.48. The highest BCUT2D eigenvalue weighted by Gasteiger charge is 2.16. The van der Waals surface area contributed by atoms with Crippen LogP contribution in [0.5, 0.6) is 5.75 Å². The molecule has 0 saturated heterocycles. The third-order valence-corrected chi connectivity index (χ3v) is 6.65. The van der Waals surface area contributed by atoms with E-state index < -0.39 is 10.0 Å². The van der Waals surface area contributed by atoms with Gasteiger partial charge in [0.2, 0.25) is 0 Å². The van der Waals surface area contributed by atoms with Crippen molar-refractivity contribution in [3.05, 3.63) is 102 Å². The molecule has 4 aromatic rings. The van der Waals surface area contributed by atoms with Crippen molar-refractivity contribution < 1.29 is 17.9 Å². The summed E-state index contributed by atoms with van der Waals surface area (Å²) in [5.41, 5.74) is 1.69. The number of rotatable bonds is 8. The van der Waals surface area contributed by atoms with Gasteiger partial charge in [-0.1, -0.05) is 36.4 Å². The van der Waals surface area contributed by atoms with Crippen LogP contribution < -0.4 is 14.8 Å². The zero-order valence-corrected chi connectivity index (χ0v) is 18.4. The maximum absolute atomic E-state index is 12.8. The number of carbonyl (C=O) groups excluding carboxylic acids is 1. The van der Waals surface area contributed by atoms with Crippen LogP contribution in [0, 0.1) is 0 Å². The van der Waals surface area contributed by atoms with Crippen LogP contribution in [0.4, 0.5) is 10.8 Å². The van der Waals surface area contributed by atoms with Gasteiger partial charge in [-0.05, 0) is 42.5 Å². The Morgan fingerprint density at radius 3 is 2.38 bits per heavy atom. The molecule has 2 N–H and O–H groups in total. The highest BCUT2D eigenvalue weighted by atomic mass is 32.2. The van der Waals surface area contributed by atoms with Crippen LogP contribution in [-0.2, 0) is 16.6 Å². The number of sulfonamides is 1. The van der Waals surface area contributed by atoms with Crippen LogP contribution in [0.1, 0.15) is 15.9 Å². The second-order valence-corrected chi connectivity index (χ2v) is 9.26. The molecule has 0 bridgehead atoms. The van der Waals surface area contributed by atoms with Crippen LogP contribution in [0.3, 0.4) is 0 Å². The zero-order chi connectivity index (χ0) is 22.4. The van der Waals surface area contributed by atoms with Gasteiger partial charge in [-0.2, -0.15) is 0 Å². The van der Waals surface area contributed by atoms with Gasteiger partial charge in [0.25, 0.3) is 15.9 Å². The third kappa shape index (κ3) is 5.32. The lowest BCUT2D eigenvalue weighted by atomic mass is 10.1. The number of thiazole rings is 1. The predicted octanol–water partition coefficient (Wildman–Crippen LogP) is 4.78. The van der Waals surface area contributed by atoms with Crippen molar-refractivity contribution in [2.24, 2.45) is 0 Å². The molecule has 0 aliphatic rings. The number of hydrogen-bond donors (Lipinski definition) is 2. The minimum atomic E-state index is -3.75. The lowest BCUT2D eigenvalue weighted by molar-refractivity contribution is 0.102. The van der Waals surface area contributed by atoms with E-state index in [2.05, 4.69) is 15.0 Å². The van der Waals surface area contributed by atoms with Crippen molar-refractivity contribution in [2.45, 2.75) is 11.5 Å². The monoisotopic (exact) mass is 465 g/mol. The molecule has 162 valence electrons. The molecule has 0 unspecified atom stereocenters. The lowest BCUT2D eigenvalue weighted by Crippen LogP contribution is -2.16. The average Bonchev–Trinajstić information content (AvgIpc) is 3.31. The summed E-state index contributed by atoms with van der Waals surface area (Å²) in [4.78, 5) is 16.8. The fraction of sp³-hybridized carbons (Fsp3) is 0.0435. The van der Waals surface area contributed by atoms with E-state index in [4.69, 9.17) is 4.74 Å². The predicted molar refractivity (Wildman–Crippen MR) is 125 cm³/mol. The van der Waals surface area contributed by atoms with Gasteiger partial charge in [0.15, 0.2) is 5.13 Å². The number of aromatic nitrogens is 1. The van der Waals surface area contributed by atoms with Crippen molar-refractivity contribution in [3.8, 4) is 5.75 Å². The summed E-state index contributed by atoms with van der Waals surface area (Å²) in [5.74, 6) is 0.402. The first kappa shape index (κ1) is 21.5. The number of benzene rings is 3. The summed E-state index contributed by atoms with van der Waals surface area (Å²) in [6.45, 7) is 0.243. The zero-order valence-electron chi connectivity index (χ0n) is 16.8. The van der Waals surface area contributed by atoms with Crippen LogP contribution in [0.15, 0.2) is 95.3 Å². The summed E-state index contributed by atoms with van der Waals surface area (Å²) in [7, 11) is -3.75. The quantitative estimate of drug-likeness (QED) is 0.390. The Kier molecular flexibility index (Phi) is 6.48. The maximum atomic E-state index is 12.8. The topological polar surface area (TPSA) is 97.4 Å². The molecule has 0 spiro atoms. The minimum Gasteiger partial charge on any atom is -0.489 e. The number of para-hydroxylation sites is 1. The summed E-state index contributed by atoms with van der Waals surface area (Å²) < 4.78 is 33.1. The molecule has 9 heteroatoms. The van der Waals surface area contributed by atoms with Crippen LogP contribution >= 0.6 is 11.3 Å². The van der Waals surface area contributed by atoms with E-state index in [9.17, 15) is 13.2 Å². The Labute approximate surface area is 189 Å². The molecule has 0 radical (unpaired) electrons. The molecule has 1 amide bonds. The number of anilines is 2. The molecule has 32 heavy (non-hydrogen) atoms. The number of hydrogen-bond acceptors (Lipinski definition) is 6. The first-order chi connectivity index (χ1) is 15.5. The van der Waals surface area contributed by atoms with E-state index in [1.807, 2.05) is 42.5 Å². The van der Waals surface area contributed by atoms with Crippen molar-refractivity contribution in [2.75, 3.05) is 10.0 Å². The average molecular weight is 466 g/mol. The van der Waals surface area contributed by atoms with Crippen LogP contribution in [0.25, 0.3) is 0 Å². The summed E-state index contributed by atoms with van der Waals surface area (Å²) in [6, 6.07) is 22.5. The van der Waals surface area contributed by atoms with Gasteiger partial charge in [-0.25, -0.2) is 13.4 Å². The molecule has 7 nitrogen and oxygen atoms in total.